The summed E-state index contributed by atoms with van der Waals surface area (Å²) in [7, 11) is -3.72. The summed E-state index contributed by atoms with van der Waals surface area (Å²) in [6.45, 7) is 4.39. The van der Waals surface area contributed by atoms with Crippen molar-refractivity contribution in [3.05, 3.63) is 17.9 Å². The van der Waals surface area contributed by atoms with E-state index in [1.54, 1.807) is 6.07 Å². The molecule has 3 N–H and O–H groups in total. The van der Waals surface area contributed by atoms with Gasteiger partial charge in [0.05, 0.1) is 6.54 Å². The first kappa shape index (κ1) is 11.6. The number of nitrogens with two attached hydrogens (primary N) is 1. The third-order valence-corrected chi connectivity index (χ3v) is 3.29. The van der Waals surface area contributed by atoms with E-state index < -0.39 is 10.0 Å². The van der Waals surface area contributed by atoms with E-state index in [-0.39, 0.29) is 5.09 Å². The summed E-state index contributed by atoms with van der Waals surface area (Å²) in [6, 6.07) is 3.05. The number of rotatable bonds is 3. The van der Waals surface area contributed by atoms with Crippen molar-refractivity contribution in [2.75, 3.05) is 26.2 Å². The zero-order valence-corrected chi connectivity index (χ0v) is 9.66. The van der Waals surface area contributed by atoms with Gasteiger partial charge in [-0.2, -0.15) is 0 Å². The van der Waals surface area contributed by atoms with Crippen LogP contribution in [0.4, 0.5) is 0 Å². The average molecular weight is 245 g/mol. The molecule has 0 saturated carbocycles. The van der Waals surface area contributed by atoms with Crippen LogP contribution in [-0.2, 0) is 16.6 Å². The molecule has 0 bridgehead atoms. The molecule has 1 aliphatic rings. The number of piperazine rings is 1. The Morgan fingerprint density at radius 3 is 2.62 bits per heavy atom. The Kier molecular flexibility index (Phi) is 3.29. The van der Waals surface area contributed by atoms with Crippen LogP contribution in [0.1, 0.15) is 5.76 Å². The van der Waals surface area contributed by atoms with Gasteiger partial charge in [-0.1, -0.05) is 0 Å². The lowest BCUT2D eigenvalue weighted by atomic mass is 10.3. The Labute approximate surface area is 94.5 Å². The Morgan fingerprint density at radius 1 is 1.38 bits per heavy atom. The molecular weight excluding hydrogens is 230 g/mol. The SMILES string of the molecule is NS(=O)(=O)c1ccc(CN2CCNCC2)o1. The molecule has 2 rings (SSSR count). The van der Waals surface area contributed by atoms with Gasteiger partial charge in [0, 0.05) is 26.2 Å². The highest BCUT2D eigenvalue weighted by Gasteiger charge is 2.16. The van der Waals surface area contributed by atoms with Gasteiger partial charge in [-0.3, -0.25) is 4.90 Å². The third-order valence-electron chi connectivity index (χ3n) is 2.51. The van der Waals surface area contributed by atoms with Crippen molar-refractivity contribution in [1.82, 2.24) is 10.2 Å². The summed E-state index contributed by atoms with van der Waals surface area (Å²) in [6.07, 6.45) is 0. The Balaban J connectivity index is 2.02. The molecule has 0 aromatic carbocycles. The van der Waals surface area contributed by atoms with E-state index in [9.17, 15) is 8.42 Å². The third kappa shape index (κ3) is 2.82. The summed E-state index contributed by atoms with van der Waals surface area (Å²) < 4.78 is 27.2. The lowest BCUT2D eigenvalue weighted by molar-refractivity contribution is 0.211. The number of primary sulfonamides is 1. The molecule has 1 aromatic heterocycles. The van der Waals surface area contributed by atoms with Crippen LogP contribution < -0.4 is 10.5 Å². The van der Waals surface area contributed by atoms with Crippen molar-refractivity contribution in [3.8, 4) is 0 Å². The minimum absolute atomic E-state index is 0.169. The first-order valence-electron chi connectivity index (χ1n) is 5.10. The van der Waals surface area contributed by atoms with Gasteiger partial charge in [-0.25, -0.2) is 13.6 Å². The second kappa shape index (κ2) is 4.54. The van der Waals surface area contributed by atoms with Crippen molar-refractivity contribution in [1.29, 1.82) is 0 Å². The van der Waals surface area contributed by atoms with Crippen LogP contribution in [0.15, 0.2) is 21.6 Å². The van der Waals surface area contributed by atoms with Crippen molar-refractivity contribution >= 4 is 10.0 Å². The zero-order valence-electron chi connectivity index (χ0n) is 8.85. The summed E-state index contributed by atoms with van der Waals surface area (Å²) in [4.78, 5) is 2.20. The molecule has 1 aromatic rings. The van der Waals surface area contributed by atoms with Crippen LogP contribution in [0.5, 0.6) is 0 Å². The van der Waals surface area contributed by atoms with Crippen LogP contribution in [0.3, 0.4) is 0 Å². The fraction of sp³-hybridized carbons (Fsp3) is 0.556. The maximum absolute atomic E-state index is 11.0. The van der Waals surface area contributed by atoms with E-state index in [0.717, 1.165) is 26.2 Å². The van der Waals surface area contributed by atoms with Crippen LogP contribution in [0, 0.1) is 0 Å². The van der Waals surface area contributed by atoms with Crippen molar-refractivity contribution in [3.63, 3.8) is 0 Å². The van der Waals surface area contributed by atoms with Crippen molar-refractivity contribution in [2.24, 2.45) is 5.14 Å². The monoisotopic (exact) mass is 245 g/mol. The lowest BCUT2D eigenvalue weighted by Crippen LogP contribution is -2.42. The van der Waals surface area contributed by atoms with Crippen molar-refractivity contribution < 1.29 is 12.8 Å². The molecule has 0 atom stereocenters. The molecule has 0 spiro atoms. The molecule has 1 aliphatic heterocycles. The van der Waals surface area contributed by atoms with Gasteiger partial charge in [-0.05, 0) is 12.1 Å². The first-order valence-corrected chi connectivity index (χ1v) is 6.65. The van der Waals surface area contributed by atoms with Crippen LogP contribution >= 0.6 is 0 Å². The lowest BCUT2D eigenvalue weighted by Gasteiger charge is -2.26. The zero-order chi connectivity index (χ0) is 11.6. The van der Waals surface area contributed by atoms with E-state index in [2.05, 4.69) is 10.2 Å². The fourth-order valence-electron chi connectivity index (χ4n) is 1.69. The van der Waals surface area contributed by atoms with Crippen LogP contribution in [0.2, 0.25) is 0 Å². The maximum Gasteiger partial charge on any atom is 0.271 e. The summed E-state index contributed by atoms with van der Waals surface area (Å²) in [5.41, 5.74) is 0. The highest BCUT2D eigenvalue weighted by atomic mass is 32.2. The second-order valence-corrected chi connectivity index (χ2v) is 5.28. The average Bonchev–Trinajstić information content (AvgIpc) is 2.67. The first-order chi connectivity index (χ1) is 7.55. The van der Waals surface area contributed by atoms with Crippen LogP contribution in [-0.4, -0.2) is 39.5 Å². The number of nitrogens with one attached hydrogen (secondary N) is 1. The molecule has 0 unspecified atom stereocenters. The van der Waals surface area contributed by atoms with Gasteiger partial charge in [0.2, 0.25) is 5.09 Å². The molecule has 1 fully saturated rings. The number of sulfonamides is 1. The number of furan rings is 1. The van der Waals surface area contributed by atoms with E-state index in [1.807, 2.05) is 0 Å². The van der Waals surface area contributed by atoms with Crippen LogP contribution in [0.25, 0.3) is 0 Å². The highest BCUT2D eigenvalue weighted by molar-refractivity contribution is 7.89. The van der Waals surface area contributed by atoms with Gasteiger partial charge in [-0.15, -0.1) is 0 Å². The van der Waals surface area contributed by atoms with Gasteiger partial charge < -0.3 is 9.73 Å². The Bertz CT molecular complexity index is 448. The predicted molar refractivity (Wildman–Crippen MR) is 58.2 cm³/mol. The normalized spacial score (nSPS) is 18.8. The standard InChI is InChI=1S/C9H15N3O3S/c10-16(13,14)9-2-1-8(15-9)7-12-5-3-11-4-6-12/h1-2,11H,3-7H2,(H2,10,13,14). The van der Waals surface area contributed by atoms with Gasteiger partial charge in [0.25, 0.3) is 10.0 Å². The summed E-state index contributed by atoms with van der Waals surface area (Å²) in [5, 5.41) is 8.03. The van der Waals surface area contributed by atoms with E-state index in [0.29, 0.717) is 12.3 Å². The second-order valence-electron chi connectivity index (χ2n) is 3.79. The molecule has 7 heteroatoms. The minimum atomic E-state index is -3.72. The quantitative estimate of drug-likeness (QED) is 0.737. The van der Waals surface area contributed by atoms with Gasteiger partial charge in [0.1, 0.15) is 5.76 Å². The number of hydrogen-bond donors (Lipinski definition) is 2. The van der Waals surface area contributed by atoms with E-state index >= 15 is 0 Å². The number of nitrogens with zero attached hydrogens (tertiary/aromatic N) is 1. The highest BCUT2D eigenvalue weighted by Crippen LogP contribution is 2.14. The minimum Gasteiger partial charge on any atom is -0.447 e. The number of hydrogen-bond acceptors (Lipinski definition) is 5. The topological polar surface area (TPSA) is 88.6 Å². The maximum atomic E-state index is 11.0. The van der Waals surface area contributed by atoms with Gasteiger partial charge >= 0.3 is 0 Å². The molecule has 0 amide bonds. The molecule has 16 heavy (non-hydrogen) atoms. The summed E-state index contributed by atoms with van der Waals surface area (Å²) in [5.74, 6) is 0.630. The molecule has 0 aliphatic carbocycles. The fourth-order valence-corrected chi connectivity index (χ4v) is 2.17. The van der Waals surface area contributed by atoms with E-state index in [4.69, 9.17) is 9.56 Å². The molecule has 2 heterocycles. The molecule has 6 nitrogen and oxygen atoms in total. The molecule has 1 saturated heterocycles. The largest absolute Gasteiger partial charge is 0.447 e. The molecule has 0 radical (unpaired) electrons. The Morgan fingerprint density at radius 2 is 2.06 bits per heavy atom. The Hall–Kier alpha value is -0.890. The van der Waals surface area contributed by atoms with E-state index in [1.165, 1.54) is 6.07 Å². The molecular formula is C9H15N3O3S. The van der Waals surface area contributed by atoms with Crippen molar-refractivity contribution in [2.45, 2.75) is 11.6 Å². The smallest absolute Gasteiger partial charge is 0.271 e. The summed E-state index contributed by atoms with van der Waals surface area (Å²) >= 11 is 0. The van der Waals surface area contributed by atoms with Gasteiger partial charge in [0.15, 0.2) is 0 Å². The predicted octanol–water partition coefficient (Wildman–Crippen LogP) is -0.668. The molecule has 90 valence electrons.